The highest BCUT2D eigenvalue weighted by Gasteiger charge is 2.03. The highest BCUT2D eigenvalue weighted by Crippen LogP contribution is 2.28. The summed E-state index contributed by atoms with van der Waals surface area (Å²) in [5.41, 5.74) is 3.71. The van der Waals surface area contributed by atoms with Gasteiger partial charge in [-0.05, 0) is 54.1 Å². The highest BCUT2D eigenvalue weighted by molar-refractivity contribution is 7.98. The molecule has 0 saturated carbocycles. The monoisotopic (exact) mass is 248 g/mol. The molecule has 0 fully saturated rings. The summed E-state index contributed by atoms with van der Waals surface area (Å²) in [5.74, 6) is 0. The van der Waals surface area contributed by atoms with E-state index < -0.39 is 0 Å². The first-order valence-electron chi connectivity index (χ1n) is 5.11. The molecule has 16 heavy (non-hydrogen) atoms. The van der Waals surface area contributed by atoms with Crippen molar-refractivity contribution in [2.24, 2.45) is 0 Å². The van der Waals surface area contributed by atoms with E-state index in [-0.39, 0.29) is 0 Å². The fraction of sp³-hybridized carbons (Fsp3) is 0.143. The second-order valence-electron chi connectivity index (χ2n) is 3.69. The van der Waals surface area contributed by atoms with Crippen molar-refractivity contribution in [1.29, 1.82) is 0 Å². The summed E-state index contributed by atoms with van der Waals surface area (Å²) in [6.45, 7) is 2.13. The molecule has 2 heteroatoms. The Morgan fingerprint density at radius 2 is 1.88 bits per heavy atom. The van der Waals surface area contributed by atoms with Crippen LogP contribution < -0.4 is 0 Å². The maximum Gasteiger partial charge on any atom is 0.0412 e. The van der Waals surface area contributed by atoms with Gasteiger partial charge in [-0.1, -0.05) is 29.8 Å². The first kappa shape index (κ1) is 11.6. The van der Waals surface area contributed by atoms with Crippen molar-refractivity contribution < 1.29 is 0 Å². The van der Waals surface area contributed by atoms with Crippen molar-refractivity contribution in [3.05, 3.63) is 53.1 Å². The maximum atomic E-state index is 6.00. The van der Waals surface area contributed by atoms with Crippen LogP contribution in [0.1, 0.15) is 5.56 Å². The first-order chi connectivity index (χ1) is 7.70. The van der Waals surface area contributed by atoms with Gasteiger partial charge in [-0.25, -0.2) is 0 Å². The van der Waals surface area contributed by atoms with Gasteiger partial charge in [0.15, 0.2) is 0 Å². The van der Waals surface area contributed by atoms with Crippen LogP contribution in [0.25, 0.3) is 11.1 Å². The minimum Gasteiger partial charge on any atom is -0.130 e. The summed E-state index contributed by atoms with van der Waals surface area (Å²) < 4.78 is 0. The van der Waals surface area contributed by atoms with Gasteiger partial charge in [0.2, 0.25) is 0 Å². The van der Waals surface area contributed by atoms with Crippen LogP contribution in [-0.4, -0.2) is 6.26 Å². The van der Waals surface area contributed by atoms with E-state index in [1.807, 2.05) is 18.2 Å². The predicted molar refractivity (Wildman–Crippen MR) is 73.4 cm³/mol. The molecule has 0 aliphatic heterocycles. The number of aryl methyl sites for hydroxylation is 1. The van der Waals surface area contributed by atoms with Gasteiger partial charge in [0.25, 0.3) is 0 Å². The molecule has 0 aromatic heterocycles. The largest absolute Gasteiger partial charge is 0.130 e. The average Bonchev–Trinajstić information content (AvgIpc) is 2.28. The first-order valence-corrected chi connectivity index (χ1v) is 6.71. The van der Waals surface area contributed by atoms with Gasteiger partial charge in [0.05, 0.1) is 0 Å². The fourth-order valence-corrected chi connectivity index (χ4v) is 2.43. The molecule has 0 aliphatic rings. The van der Waals surface area contributed by atoms with Gasteiger partial charge in [0, 0.05) is 9.92 Å². The summed E-state index contributed by atoms with van der Waals surface area (Å²) in [6, 6.07) is 14.5. The molecule has 0 nitrogen and oxygen atoms in total. The highest BCUT2D eigenvalue weighted by atomic mass is 35.5. The van der Waals surface area contributed by atoms with Gasteiger partial charge in [0.1, 0.15) is 0 Å². The quantitative estimate of drug-likeness (QED) is 0.671. The zero-order valence-corrected chi connectivity index (χ0v) is 10.9. The lowest BCUT2D eigenvalue weighted by atomic mass is 10.0. The molecular weight excluding hydrogens is 236 g/mol. The van der Waals surface area contributed by atoms with E-state index in [9.17, 15) is 0 Å². The van der Waals surface area contributed by atoms with Crippen molar-refractivity contribution in [2.45, 2.75) is 11.8 Å². The molecule has 82 valence electrons. The molecule has 0 bridgehead atoms. The van der Waals surface area contributed by atoms with Gasteiger partial charge in [-0.2, -0.15) is 0 Å². The van der Waals surface area contributed by atoms with Gasteiger partial charge in [-0.15, -0.1) is 11.8 Å². The number of benzene rings is 2. The van der Waals surface area contributed by atoms with Crippen molar-refractivity contribution >= 4 is 23.4 Å². The van der Waals surface area contributed by atoms with E-state index in [0.29, 0.717) is 0 Å². The summed E-state index contributed by atoms with van der Waals surface area (Å²) in [4.78, 5) is 1.29. The minimum atomic E-state index is 0.783. The maximum absolute atomic E-state index is 6.00. The summed E-state index contributed by atoms with van der Waals surface area (Å²) in [6.07, 6.45) is 2.09. The van der Waals surface area contributed by atoms with Gasteiger partial charge >= 0.3 is 0 Å². The SMILES string of the molecule is CSc1ccc(-c2cccc(Cl)c2)c(C)c1. The lowest BCUT2D eigenvalue weighted by Gasteiger charge is -2.08. The van der Waals surface area contributed by atoms with E-state index in [0.717, 1.165) is 5.02 Å². The summed E-state index contributed by atoms with van der Waals surface area (Å²) in [7, 11) is 0. The van der Waals surface area contributed by atoms with Crippen molar-refractivity contribution in [1.82, 2.24) is 0 Å². The average molecular weight is 249 g/mol. The second-order valence-corrected chi connectivity index (χ2v) is 5.01. The Kier molecular flexibility index (Phi) is 3.57. The molecule has 0 atom stereocenters. The molecule has 0 spiro atoms. The predicted octanol–water partition coefficient (Wildman–Crippen LogP) is 5.04. The molecule has 0 radical (unpaired) electrons. The van der Waals surface area contributed by atoms with Crippen LogP contribution in [0.4, 0.5) is 0 Å². The zero-order valence-electron chi connectivity index (χ0n) is 9.33. The number of hydrogen-bond acceptors (Lipinski definition) is 1. The third kappa shape index (κ3) is 2.42. The van der Waals surface area contributed by atoms with Gasteiger partial charge < -0.3 is 0 Å². The van der Waals surface area contributed by atoms with Gasteiger partial charge in [-0.3, -0.25) is 0 Å². The molecule has 2 rings (SSSR count). The Morgan fingerprint density at radius 1 is 1.06 bits per heavy atom. The third-order valence-electron chi connectivity index (χ3n) is 2.57. The van der Waals surface area contributed by atoms with Crippen LogP contribution in [0.15, 0.2) is 47.4 Å². The molecule has 0 heterocycles. The van der Waals surface area contributed by atoms with Crippen LogP contribution in [0.2, 0.25) is 5.02 Å². The Balaban J connectivity index is 2.48. The second kappa shape index (κ2) is 4.94. The Bertz CT molecular complexity index is 506. The molecule has 0 N–H and O–H groups in total. The van der Waals surface area contributed by atoms with Crippen LogP contribution >= 0.6 is 23.4 Å². The molecule has 2 aromatic rings. The number of halogens is 1. The van der Waals surface area contributed by atoms with E-state index in [1.165, 1.54) is 21.6 Å². The van der Waals surface area contributed by atoms with Crippen molar-refractivity contribution in [3.8, 4) is 11.1 Å². The molecular formula is C14H13ClS. The van der Waals surface area contributed by atoms with Crippen LogP contribution in [0, 0.1) is 6.92 Å². The van der Waals surface area contributed by atoms with Crippen LogP contribution in [0.5, 0.6) is 0 Å². The van der Waals surface area contributed by atoms with E-state index in [1.54, 1.807) is 11.8 Å². The smallest absolute Gasteiger partial charge is 0.0412 e. The number of thioether (sulfide) groups is 1. The summed E-state index contributed by atoms with van der Waals surface area (Å²) in [5, 5.41) is 0.783. The molecule has 0 unspecified atom stereocenters. The normalized spacial score (nSPS) is 10.4. The Labute approximate surface area is 106 Å². The molecule has 0 saturated heterocycles. The standard InChI is InChI=1S/C14H13ClS/c1-10-8-13(16-2)6-7-14(10)11-4-3-5-12(15)9-11/h3-9H,1-2H3. The van der Waals surface area contributed by atoms with Crippen molar-refractivity contribution in [2.75, 3.05) is 6.26 Å². The fourth-order valence-electron chi connectivity index (χ4n) is 1.74. The molecule has 0 amide bonds. The van der Waals surface area contributed by atoms with Crippen molar-refractivity contribution in [3.63, 3.8) is 0 Å². The van der Waals surface area contributed by atoms with E-state index in [2.05, 4.69) is 37.4 Å². The minimum absolute atomic E-state index is 0.783. The lowest BCUT2D eigenvalue weighted by Crippen LogP contribution is -1.84. The number of hydrogen-bond donors (Lipinski definition) is 0. The van der Waals surface area contributed by atoms with E-state index >= 15 is 0 Å². The zero-order chi connectivity index (χ0) is 11.5. The Hall–Kier alpha value is -0.920. The Morgan fingerprint density at radius 3 is 2.50 bits per heavy atom. The summed E-state index contributed by atoms with van der Waals surface area (Å²) >= 11 is 7.77. The lowest BCUT2D eigenvalue weighted by molar-refractivity contribution is 1.36. The third-order valence-corrected chi connectivity index (χ3v) is 3.53. The molecule has 2 aromatic carbocycles. The molecule has 0 aliphatic carbocycles. The van der Waals surface area contributed by atoms with Crippen LogP contribution in [0.3, 0.4) is 0 Å². The topological polar surface area (TPSA) is 0 Å². The van der Waals surface area contributed by atoms with E-state index in [4.69, 9.17) is 11.6 Å². The number of rotatable bonds is 2. The van der Waals surface area contributed by atoms with Crippen LogP contribution in [-0.2, 0) is 0 Å².